The van der Waals surface area contributed by atoms with Crippen molar-refractivity contribution < 1.29 is 18.4 Å². The molecule has 1 saturated heterocycles. The summed E-state index contributed by atoms with van der Waals surface area (Å²) in [6.45, 7) is 1.08. The molecule has 0 spiro atoms. The Balaban J connectivity index is 1.98. The average Bonchev–Trinajstić information content (AvgIpc) is 2.91. The maximum atomic E-state index is 12.7. The number of hydrogen-bond donors (Lipinski definition) is 1. The van der Waals surface area contributed by atoms with Crippen LogP contribution in [-0.2, 0) is 6.18 Å². The van der Waals surface area contributed by atoms with Gasteiger partial charge in [0.25, 0.3) is 0 Å². The van der Waals surface area contributed by atoms with Crippen LogP contribution in [-0.4, -0.2) is 38.6 Å². The standard InChI is InChI=1S/C12H12F3N5O/c13-12(14,15)10-7-9-11(16-3-6-20(9)17-10)19-4-1-8(18-21)2-5-19/h3,6-7,21H,1-2,4-5H2. The molecule has 21 heavy (non-hydrogen) atoms. The second kappa shape index (κ2) is 4.90. The minimum atomic E-state index is -4.48. The number of rotatable bonds is 1. The molecule has 1 aliphatic heterocycles. The zero-order valence-electron chi connectivity index (χ0n) is 10.9. The van der Waals surface area contributed by atoms with Crippen LogP contribution in [0, 0.1) is 0 Å². The Kier molecular flexibility index (Phi) is 3.19. The highest BCUT2D eigenvalue weighted by Crippen LogP contribution is 2.31. The van der Waals surface area contributed by atoms with Gasteiger partial charge in [-0.15, -0.1) is 0 Å². The number of alkyl halides is 3. The number of halogens is 3. The summed E-state index contributed by atoms with van der Waals surface area (Å²) < 4.78 is 39.4. The van der Waals surface area contributed by atoms with E-state index >= 15 is 0 Å². The molecule has 1 fully saturated rings. The predicted octanol–water partition coefficient (Wildman–Crippen LogP) is 2.18. The third-order valence-electron chi connectivity index (χ3n) is 3.44. The van der Waals surface area contributed by atoms with Crippen LogP contribution >= 0.6 is 0 Å². The first-order valence-electron chi connectivity index (χ1n) is 6.35. The normalized spacial score (nSPS) is 16.5. The molecule has 0 aliphatic carbocycles. The summed E-state index contributed by atoms with van der Waals surface area (Å²) in [6.07, 6.45) is -0.565. The summed E-state index contributed by atoms with van der Waals surface area (Å²) in [4.78, 5) is 6.04. The van der Waals surface area contributed by atoms with Crippen LogP contribution in [0.1, 0.15) is 18.5 Å². The van der Waals surface area contributed by atoms with Gasteiger partial charge in [0, 0.05) is 44.4 Å². The van der Waals surface area contributed by atoms with E-state index in [1.165, 1.54) is 16.9 Å². The molecular formula is C12H12F3N5O. The lowest BCUT2D eigenvalue weighted by Crippen LogP contribution is -2.34. The molecule has 0 atom stereocenters. The van der Waals surface area contributed by atoms with Gasteiger partial charge in [-0.25, -0.2) is 9.50 Å². The zero-order chi connectivity index (χ0) is 15.0. The molecule has 6 nitrogen and oxygen atoms in total. The maximum absolute atomic E-state index is 12.7. The summed E-state index contributed by atoms with van der Waals surface area (Å²) in [6, 6.07) is 0.998. The lowest BCUT2D eigenvalue weighted by molar-refractivity contribution is -0.141. The van der Waals surface area contributed by atoms with Crippen LogP contribution in [0.25, 0.3) is 5.52 Å². The number of nitrogens with zero attached hydrogens (tertiary/aromatic N) is 5. The van der Waals surface area contributed by atoms with E-state index < -0.39 is 11.9 Å². The third-order valence-corrected chi connectivity index (χ3v) is 3.44. The molecular weight excluding hydrogens is 287 g/mol. The van der Waals surface area contributed by atoms with Crippen LogP contribution in [0.3, 0.4) is 0 Å². The van der Waals surface area contributed by atoms with Gasteiger partial charge in [-0.05, 0) is 0 Å². The van der Waals surface area contributed by atoms with E-state index in [9.17, 15) is 13.2 Å². The quantitative estimate of drug-likeness (QED) is 0.647. The van der Waals surface area contributed by atoms with E-state index in [1.54, 1.807) is 0 Å². The smallest absolute Gasteiger partial charge is 0.411 e. The first kappa shape index (κ1) is 13.7. The number of anilines is 1. The Morgan fingerprint density at radius 3 is 2.57 bits per heavy atom. The minimum Gasteiger partial charge on any atom is -0.411 e. The maximum Gasteiger partial charge on any atom is 0.435 e. The molecule has 0 radical (unpaired) electrons. The van der Waals surface area contributed by atoms with E-state index in [0.29, 0.717) is 43.0 Å². The van der Waals surface area contributed by atoms with Crippen molar-refractivity contribution in [2.45, 2.75) is 19.0 Å². The second-order valence-corrected chi connectivity index (χ2v) is 4.76. The lowest BCUT2D eigenvalue weighted by Gasteiger charge is -2.28. The molecule has 112 valence electrons. The summed E-state index contributed by atoms with van der Waals surface area (Å²) in [5, 5.41) is 15.4. The fourth-order valence-corrected chi connectivity index (χ4v) is 2.37. The average molecular weight is 299 g/mol. The number of piperidine rings is 1. The van der Waals surface area contributed by atoms with Crippen molar-refractivity contribution in [1.29, 1.82) is 0 Å². The van der Waals surface area contributed by atoms with Crippen LogP contribution in [0.5, 0.6) is 0 Å². The minimum absolute atomic E-state index is 0.314. The molecule has 2 aromatic heterocycles. The van der Waals surface area contributed by atoms with Crippen molar-refractivity contribution in [3.8, 4) is 0 Å². The van der Waals surface area contributed by atoms with Crippen molar-refractivity contribution in [3.05, 3.63) is 24.2 Å². The number of hydrogen-bond acceptors (Lipinski definition) is 5. The highest BCUT2D eigenvalue weighted by molar-refractivity contribution is 5.86. The van der Waals surface area contributed by atoms with Crippen molar-refractivity contribution in [2.24, 2.45) is 5.16 Å². The predicted molar refractivity (Wildman–Crippen MR) is 68.7 cm³/mol. The van der Waals surface area contributed by atoms with Crippen molar-refractivity contribution in [1.82, 2.24) is 14.6 Å². The van der Waals surface area contributed by atoms with Gasteiger partial charge in [-0.2, -0.15) is 18.3 Å². The zero-order valence-corrected chi connectivity index (χ0v) is 10.9. The van der Waals surface area contributed by atoms with E-state index in [1.807, 2.05) is 4.90 Å². The van der Waals surface area contributed by atoms with Crippen LogP contribution in [0.4, 0.5) is 19.0 Å². The molecule has 3 rings (SSSR count). The fourth-order valence-electron chi connectivity index (χ4n) is 2.37. The van der Waals surface area contributed by atoms with Gasteiger partial charge in [0.15, 0.2) is 11.5 Å². The van der Waals surface area contributed by atoms with E-state index in [2.05, 4.69) is 15.2 Å². The van der Waals surface area contributed by atoms with Gasteiger partial charge in [0.2, 0.25) is 0 Å². The Morgan fingerprint density at radius 1 is 1.24 bits per heavy atom. The molecule has 0 aromatic carbocycles. The monoisotopic (exact) mass is 299 g/mol. The fraction of sp³-hybridized carbons (Fsp3) is 0.417. The first-order chi connectivity index (χ1) is 9.99. The van der Waals surface area contributed by atoms with Crippen LogP contribution < -0.4 is 4.90 Å². The van der Waals surface area contributed by atoms with E-state index in [0.717, 1.165) is 6.07 Å². The van der Waals surface area contributed by atoms with Crippen molar-refractivity contribution >= 4 is 17.0 Å². The highest BCUT2D eigenvalue weighted by Gasteiger charge is 2.34. The second-order valence-electron chi connectivity index (χ2n) is 4.76. The molecule has 1 N–H and O–H groups in total. The summed E-state index contributed by atoms with van der Waals surface area (Å²) in [7, 11) is 0. The summed E-state index contributed by atoms with van der Waals surface area (Å²) in [5.41, 5.74) is 0.0586. The Labute approximate surface area is 117 Å². The Morgan fingerprint density at radius 2 is 1.95 bits per heavy atom. The van der Waals surface area contributed by atoms with Gasteiger partial charge >= 0.3 is 6.18 Å². The number of aromatic nitrogens is 3. The van der Waals surface area contributed by atoms with Crippen LogP contribution in [0.2, 0.25) is 0 Å². The van der Waals surface area contributed by atoms with Gasteiger partial charge < -0.3 is 10.1 Å². The highest BCUT2D eigenvalue weighted by atomic mass is 19.4. The Hall–Kier alpha value is -2.32. The lowest BCUT2D eigenvalue weighted by atomic mass is 10.1. The van der Waals surface area contributed by atoms with Crippen molar-refractivity contribution in [2.75, 3.05) is 18.0 Å². The molecule has 0 bridgehead atoms. The molecule has 0 unspecified atom stereocenters. The first-order valence-corrected chi connectivity index (χ1v) is 6.35. The molecule has 1 aliphatic rings. The van der Waals surface area contributed by atoms with Gasteiger partial charge in [-0.1, -0.05) is 5.16 Å². The largest absolute Gasteiger partial charge is 0.435 e. The Bertz CT molecular complexity index is 684. The van der Waals surface area contributed by atoms with Gasteiger partial charge in [0.05, 0.1) is 5.71 Å². The molecule has 3 heterocycles. The molecule has 0 saturated carbocycles. The SMILES string of the molecule is ON=C1CCN(c2nccn3nc(C(F)(F)F)cc23)CC1. The number of fused-ring (bicyclic) bond motifs is 1. The van der Waals surface area contributed by atoms with Crippen molar-refractivity contribution in [3.63, 3.8) is 0 Å². The van der Waals surface area contributed by atoms with E-state index in [-0.39, 0.29) is 0 Å². The summed E-state index contributed by atoms with van der Waals surface area (Å²) >= 11 is 0. The molecule has 9 heteroatoms. The van der Waals surface area contributed by atoms with Gasteiger partial charge in [-0.3, -0.25) is 0 Å². The van der Waals surface area contributed by atoms with E-state index in [4.69, 9.17) is 5.21 Å². The third kappa shape index (κ3) is 2.50. The van der Waals surface area contributed by atoms with Crippen LogP contribution in [0.15, 0.2) is 23.6 Å². The number of oxime groups is 1. The summed E-state index contributed by atoms with van der Waals surface area (Å²) in [5.74, 6) is 0.456. The molecule has 2 aromatic rings. The molecule has 0 amide bonds. The topological polar surface area (TPSA) is 66.0 Å². The van der Waals surface area contributed by atoms with Gasteiger partial charge in [0.1, 0.15) is 5.52 Å².